The Labute approximate surface area is 171 Å². The van der Waals surface area contributed by atoms with E-state index in [0.29, 0.717) is 11.1 Å². The third-order valence-corrected chi connectivity index (χ3v) is 6.34. The third-order valence-electron chi connectivity index (χ3n) is 5.14. The maximum Gasteiger partial charge on any atom is 0.325 e. The number of thiophene rings is 1. The van der Waals surface area contributed by atoms with Gasteiger partial charge in [-0.2, -0.15) is 0 Å². The molecule has 3 amide bonds. The van der Waals surface area contributed by atoms with Gasteiger partial charge in [0.1, 0.15) is 11.4 Å². The first-order valence-corrected chi connectivity index (χ1v) is 10.4. The van der Waals surface area contributed by atoms with Crippen molar-refractivity contribution >= 4 is 39.2 Å². The van der Waals surface area contributed by atoms with Gasteiger partial charge in [-0.3, -0.25) is 19.5 Å². The SMILES string of the molecule is Cc1ccc(NC(=O)NC(=O)Cn2cnc3sc4c(c3c2=O)CCCC4)c(C)c1. The van der Waals surface area contributed by atoms with Crippen LogP contribution in [0.1, 0.15) is 34.4 Å². The van der Waals surface area contributed by atoms with Crippen molar-refractivity contribution in [1.29, 1.82) is 0 Å². The lowest BCUT2D eigenvalue weighted by atomic mass is 9.97. The van der Waals surface area contributed by atoms with Crippen molar-refractivity contribution in [2.45, 2.75) is 46.1 Å². The predicted octanol–water partition coefficient (Wildman–Crippen LogP) is 3.30. The largest absolute Gasteiger partial charge is 0.325 e. The molecular formula is C21H22N4O3S. The zero-order valence-electron chi connectivity index (χ0n) is 16.4. The van der Waals surface area contributed by atoms with Gasteiger partial charge in [-0.15, -0.1) is 11.3 Å². The lowest BCUT2D eigenvalue weighted by Gasteiger charge is -2.11. The molecular weight excluding hydrogens is 388 g/mol. The summed E-state index contributed by atoms with van der Waals surface area (Å²) in [5.41, 5.74) is 3.48. The number of imide groups is 1. The van der Waals surface area contributed by atoms with E-state index < -0.39 is 11.9 Å². The van der Waals surface area contributed by atoms with E-state index in [1.807, 2.05) is 26.0 Å². The normalized spacial score (nSPS) is 13.2. The summed E-state index contributed by atoms with van der Waals surface area (Å²) in [7, 11) is 0. The van der Waals surface area contributed by atoms with Gasteiger partial charge in [0, 0.05) is 10.6 Å². The minimum Gasteiger partial charge on any atom is -0.307 e. The molecule has 0 spiro atoms. The summed E-state index contributed by atoms with van der Waals surface area (Å²) in [6.45, 7) is 3.59. The molecule has 0 saturated carbocycles. The third kappa shape index (κ3) is 3.93. The Bertz CT molecular complexity index is 1180. The first-order chi connectivity index (χ1) is 13.9. The lowest BCUT2D eigenvalue weighted by Crippen LogP contribution is -2.38. The molecule has 4 rings (SSSR count). The molecule has 1 aliphatic carbocycles. The molecule has 0 radical (unpaired) electrons. The number of rotatable bonds is 3. The Balaban J connectivity index is 1.48. The van der Waals surface area contributed by atoms with Crippen molar-refractivity contribution in [3.8, 4) is 0 Å². The van der Waals surface area contributed by atoms with Gasteiger partial charge >= 0.3 is 6.03 Å². The van der Waals surface area contributed by atoms with Gasteiger partial charge in [0.25, 0.3) is 5.56 Å². The number of nitrogens with zero attached hydrogens (tertiary/aromatic N) is 2. The monoisotopic (exact) mass is 410 g/mol. The van der Waals surface area contributed by atoms with Crippen LogP contribution in [0.4, 0.5) is 10.5 Å². The fourth-order valence-electron chi connectivity index (χ4n) is 3.72. The first kappa shape index (κ1) is 19.3. The molecule has 150 valence electrons. The summed E-state index contributed by atoms with van der Waals surface area (Å²) < 4.78 is 1.27. The molecule has 1 aliphatic rings. The van der Waals surface area contributed by atoms with Crippen LogP contribution in [0, 0.1) is 13.8 Å². The smallest absolute Gasteiger partial charge is 0.307 e. The maximum absolute atomic E-state index is 12.9. The van der Waals surface area contributed by atoms with Crippen LogP contribution in [0.2, 0.25) is 0 Å². The second kappa shape index (κ2) is 7.79. The standard InChI is InChI=1S/C21H22N4O3S/c1-12-7-8-15(13(2)9-12)23-21(28)24-17(26)10-25-11-22-19-18(20(25)27)14-5-3-4-6-16(14)29-19/h7-9,11H,3-6,10H2,1-2H3,(H2,23,24,26,28). The van der Waals surface area contributed by atoms with E-state index in [-0.39, 0.29) is 12.1 Å². The minimum atomic E-state index is -0.628. The molecule has 29 heavy (non-hydrogen) atoms. The van der Waals surface area contributed by atoms with Crippen molar-refractivity contribution in [1.82, 2.24) is 14.9 Å². The molecule has 0 bridgehead atoms. The number of hydrogen-bond acceptors (Lipinski definition) is 5. The lowest BCUT2D eigenvalue weighted by molar-refractivity contribution is -0.120. The van der Waals surface area contributed by atoms with E-state index >= 15 is 0 Å². The van der Waals surface area contributed by atoms with Gasteiger partial charge in [-0.05, 0) is 56.7 Å². The van der Waals surface area contributed by atoms with Crippen molar-refractivity contribution in [2.75, 3.05) is 5.32 Å². The molecule has 0 unspecified atom stereocenters. The molecule has 0 saturated heterocycles. The zero-order valence-corrected chi connectivity index (χ0v) is 17.2. The molecule has 7 nitrogen and oxygen atoms in total. The molecule has 2 aromatic heterocycles. The van der Waals surface area contributed by atoms with Crippen LogP contribution in [0.25, 0.3) is 10.2 Å². The number of carbonyl (C=O) groups is 2. The fraction of sp³-hybridized carbons (Fsp3) is 0.333. The molecule has 2 N–H and O–H groups in total. The highest BCUT2D eigenvalue weighted by molar-refractivity contribution is 7.18. The van der Waals surface area contributed by atoms with Crippen LogP contribution in [0.3, 0.4) is 0 Å². The summed E-state index contributed by atoms with van der Waals surface area (Å²) >= 11 is 1.57. The van der Waals surface area contributed by atoms with Crippen molar-refractivity contribution < 1.29 is 9.59 Å². The number of carbonyl (C=O) groups excluding carboxylic acids is 2. The van der Waals surface area contributed by atoms with E-state index in [0.717, 1.165) is 47.2 Å². The summed E-state index contributed by atoms with van der Waals surface area (Å²) in [5.74, 6) is -0.570. The van der Waals surface area contributed by atoms with Crippen LogP contribution in [0.5, 0.6) is 0 Å². The average molecular weight is 410 g/mol. The van der Waals surface area contributed by atoms with E-state index in [1.54, 1.807) is 17.4 Å². The van der Waals surface area contributed by atoms with Crippen LogP contribution >= 0.6 is 11.3 Å². The fourth-order valence-corrected chi connectivity index (χ4v) is 4.94. The molecule has 0 atom stereocenters. The molecule has 3 aromatic rings. The van der Waals surface area contributed by atoms with Crippen LogP contribution in [0.15, 0.2) is 29.3 Å². The second-order valence-corrected chi connectivity index (χ2v) is 8.47. The Morgan fingerprint density at radius 2 is 2.00 bits per heavy atom. The Hall–Kier alpha value is -3.00. The van der Waals surface area contributed by atoms with Gasteiger partial charge in [0.15, 0.2) is 0 Å². The van der Waals surface area contributed by atoms with Gasteiger partial charge in [0.2, 0.25) is 5.91 Å². The average Bonchev–Trinajstić information content (AvgIpc) is 3.05. The number of hydrogen-bond donors (Lipinski definition) is 2. The van der Waals surface area contributed by atoms with Gasteiger partial charge < -0.3 is 5.32 Å². The quantitative estimate of drug-likeness (QED) is 0.693. The topological polar surface area (TPSA) is 93.1 Å². The Morgan fingerprint density at radius 1 is 1.21 bits per heavy atom. The van der Waals surface area contributed by atoms with Gasteiger partial charge in [-0.1, -0.05) is 17.7 Å². The van der Waals surface area contributed by atoms with Crippen LogP contribution in [-0.2, 0) is 24.2 Å². The van der Waals surface area contributed by atoms with Crippen LogP contribution < -0.4 is 16.2 Å². The highest BCUT2D eigenvalue weighted by Gasteiger charge is 2.20. The van der Waals surface area contributed by atoms with E-state index in [4.69, 9.17) is 0 Å². The minimum absolute atomic E-state index is 0.223. The van der Waals surface area contributed by atoms with E-state index in [9.17, 15) is 14.4 Å². The predicted molar refractivity (Wildman–Crippen MR) is 114 cm³/mol. The van der Waals surface area contributed by atoms with E-state index in [1.165, 1.54) is 15.8 Å². The van der Waals surface area contributed by atoms with Crippen LogP contribution in [-0.4, -0.2) is 21.5 Å². The van der Waals surface area contributed by atoms with Crippen molar-refractivity contribution in [3.63, 3.8) is 0 Å². The number of anilines is 1. The Morgan fingerprint density at radius 3 is 2.79 bits per heavy atom. The maximum atomic E-state index is 12.9. The Kier molecular flexibility index (Phi) is 5.19. The summed E-state index contributed by atoms with van der Waals surface area (Å²) in [6, 6.07) is 4.99. The molecule has 0 fully saturated rings. The molecule has 0 aliphatic heterocycles. The van der Waals surface area contributed by atoms with Crippen molar-refractivity contribution in [2.24, 2.45) is 0 Å². The highest BCUT2D eigenvalue weighted by atomic mass is 32.1. The summed E-state index contributed by atoms with van der Waals surface area (Å²) in [6.07, 6.45) is 5.43. The number of nitrogens with one attached hydrogen (secondary N) is 2. The van der Waals surface area contributed by atoms with Crippen molar-refractivity contribution in [3.05, 3.63) is 56.4 Å². The summed E-state index contributed by atoms with van der Waals surface area (Å²) in [5, 5.41) is 5.56. The number of urea groups is 1. The van der Waals surface area contributed by atoms with Gasteiger partial charge in [-0.25, -0.2) is 9.78 Å². The van der Waals surface area contributed by atoms with E-state index in [2.05, 4.69) is 15.6 Å². The zero-order chi connectivity index (χ0) is 20.5. The van der Waals surface area contributed by atoms with Gasteiger partial charge in [0.05, 0.1) is 11.7 Å². The highest BCUT2D eigenvalue weighted by Crippen LogP contribution is 2.33. The first-order valence-electron chi connectivity index (χ1n) is 9.60. The second-order valence-electron chi connectivity index (χ2n) is 7.39. The molecule has 2 heterocycles. The number of aromatic nitrogens is 2. The summed E-state index contributed by atoms with van der Waals surface area (Å²) in [4.78, 5) is 43.7. The molecule has 1 aromatic carbocycles. The molecule has 8 heteroatoms. The number of benzene rings is 1. The number of fused-ring (bicyclic) bond motifs is 3. The number of aryl methyl sites for hydroxylation is 4. The number of amides is 3.